The van der Waals surface area contributed by atoms with Crippen LogP contribution in [0.25, 0.3) is 0 Å². The zero-order valence-corrected chi connectivity index (χ0v) is 15.2. The molecule has 1 aromatic carbocycles. The van der Waals surface area contributed by atoms with Crippen LogP contribution in [0.15, 0.2) is 60.8 Å². The van der Waals surface area contributed by atoms with Crippen LogP contribution in [0.1, 0.15) is 27.5 Å². The molecule has 1 N–H and O–H groups in total. The molecule has 3 aromatic rings. The van der Waals surface area contributed by atoms with Gasteiger partial charge < -0.3 is 10.2 Å². The van der Waals surface area contributed by atoms with Crippen LogP contribution in [0.3, 0.4) is 0 Å². The first-order valence-electron chi connectivity index (χ1n) is 7.96. The van der Waals surface area contributed by atoms with Gasteiger partial charge in [-0.1, -0.05) is 6.07 Å². The predicted molar refractivity (Wildman–Crippen MR) is 103 cm³/mol. The predicted octanol–water partition coefficient (Wildman–Crippen LogP) is 4.77. The minimum absolute atomic E-state index is 0.0217. The average molecular weight is 369 g/mol. The molecule has 0 aliphatic carbocycles. The second kappa shape index (κ2) is 6.54. The second-order valence-electron chi connectivity index (χ2n) is 5.92. The monoisotopic (exact) mass is 369 g/mol. The van der Waals surface area contributed by atoms with Crippen LogP contribution in [0.5, 0.6) is 0 Å². The number of hydrogen-bond donors (Lipinski definition) is 1. The number of nitrogens with zero attached hydrogens (tertiary/aromatic N) is 2. The normalized spacial score (nSPS) is 19.9. The third kappa shape index (κ3) is 3.03. The second-order valence-corrected chi connectivity index (χ2v) is 7.63. The molecule has 1 fully saturated rings. The summed E-state index contributed by atoms with van der Waals surface area (Å²) in [6.07, 6.45) is 1.79. The topological polar surface area (TPSA) is 28.2 Å². The number of rotatable bonds is 3. The standard InChI is InChI=1S/C19H16FN3S2/c1-12-5-10-16(25-12)18-17(15-4-2-3-11-21-15)22-19(24)23(18)14-8-6-13(20)7-9-14/h2-11,17-18H,1H3,(H,22,24). The fraction of sp³-hybridized carbons (Fsp3) is 0.158. The number of hydrogen-bond acceptors (Lipinski definition) is 3. The molecule has 2 aromatic heterocycles. The molecule has 0 amide bonds. The van der Waals surface area contributed by atoms with Crippen molar-refractivity contribution >= 4 is 34.4 Å². The Bertz CT molecular complexity index is 893. The van der Waals surface area contributed by atoms with Crippen molar-refractivity contribution in [2.45, 2.75) is 19.0 Å². The Labute approximate surface area is 155 Å². The van der Waals surface area contributed by atoms with Crippen molar-refractivity contribution in [3.63, 3.8) is 0 Å². The quantitative estimate of drug-likeness (QED) is 0.673. The number of halogens is 1. The summed E-state index contributed by atoms with van der Waals surface area (Å²) in [5.41, 5.74) is 1.80. The van der Waals surface area contributed by atoms with E-state index in [9.17, 15) is 4.39 Å². The van der Waals surface area contributed by atoms with E-state index in [1.54, 1.807) is 29.7 Å². The number of thiophene rings is 1. The smallest absolute Gasteiger partial charge is 0.174 e. The third-order valence-corrected chi connectivity index (χ3v) is 5.64. The van der Waals surface area contributed by atoms with Gasteiger partial charge >= 0.3 is 0 Å². The molecule has 2 atom stereocenters. The summed E-state index contributed by atoms with van der Waals surface area (Å²) in [5.74, 6) is -0.258. The largest absolute Gasteiger partial charge is 0.351 e. The van der Waals surface area contributed by atoms with Crippen LogP contribution in [0.2, 0.25) is 0 Å². The van der Waals surface area contributed by atoms with Gasteiger partial charge in [0, 0.05) is 21.6 Å². The van der Waals surface area contributed by atoms with Gasteiger partial charge in [0.15, 0.2) is 5.11 Å². The average Bonchev–Trinajstić information content (AvgIpc) is 3.20. The molecule has 0 bridgehead atoms. The Balaban J connectivity index is 1.81. The zero-order chi connectivity index (χ0) is 17.4. The molecule has 2 unspecified atom stereocenters. The van der Waals surface area contributed by atoms with Gasteiger partial charge in [-0.05, 0) is 67.7 Å². The van der Waals surface area contributed by atoms with Crippen molar-refractivity contribution in [3.05, 3.63) is 82.1 Å². The van der Waals surface area contributed by atoms with Gasteiger partial charge in [-0.15, -0.1) is 11.3 Å². The number of pyridine rings is 1. The van der Waals surface area contributed by atoms with E-state index in [2.05, 4.69) is 34.3 Å². The lowest BCUT2D eigenvalue weighted by atomic mass is 10.0. The van der Waals surface area contributed by atoms with Crippen LogP contribution < -0.4 is 10.2 Å². The first-order chi connectivity index (χ1) is 12.1. The van der Waals surface area contributed by atoms with Crippen molar-refractivity contribution in [1.82, 2.24) is 10.3 Å². The van der Waals surface area contributed by atoms with Crippen molar-refractivity contribution in [3.8, 4) is 0 Å². The highest BCUT2D eigenvalue weighted by atomic mass is 32.1. The molecule has 126 valence electrons. The molecule has 3 heterocycles. The Morgan fingerprint density at radius 3 is 2.56 bits per heavy atom. The molecular formula is C19H16FN3S2. The van der Waals surface area contributed by atoms with Gasteiger partial charge in [0.05, 0.1) is 17.8 Å². The highest BCUT2D eigenvalue weighted by Crippen LogP contribution is 2.43. The van der Waals surface area contributed by atoms with E-state index in [-0.39, 0.29) is 17.9 Å². The van der Waals surface area contributed by atoms with Crippen LogP contribution in [-0.4, -0.2) is 10.1 Å². The van der Waals surface area contributed by atoms with E-state index < -0.39 is 0 Å². The van der Waals surface area contributed by atoms with E-state index in [0.29, 0.717) is 5.11 Å². The summed E-state index contributed by atoms with van der Waals surface area (Å²) < 4.78 is 13.4. The number of benzene rings is 1. The Hall–Kier alpha value is -2.31. The first kappa shape index (κ1) is 16.2. The summed E-state index contributed by atoms with van der Waals surface area (Å²) in [6.45, 7) is 2.09. The SMILES string of the molecule is Cc1ccc(C2C(c3ccccn3)NC(=S)N2c2ccc(F)cc2)s1. The van der Waals surface area contributed by atoms with E-state index in [1.165, 1.54) is 21.9 Å². The van der Waals surface area contributed by atoms with Crippen LogP contribution in [-0.2, 0) is 0 Å². The van der Waals surface area contributed by atoms with Crippen LogP contribution >= 0.6 is 23.6 Å². The van der Waals surface area contributed by atoms with Gasteiger partial charge in [-0.25, -0.2) is 4.39 Å². The van der Waals surface area contributed by atoms with Crippen molar-refractivity contribution in [2.24, 2.45) is 0 Å². The van der Waals surface area contributed by atoms with E-state index in [1.807, 2.05) is 18.2 Å². The highest BCUT2D eigenvalue weighted by molar-refractivity contribution is 7.80. The Morgan fingerprint density at radius 2 is 1.92 bits per heavy atom. The number of anilines is 1. The van der Waals surface area contributed by atoms with E-state index in [4.69, 9.17) is 12.2 Å². The van der Waals surface area contributed by atoms with Crippen molar-refractivity contribution < 1.29 is 4.39 Å². The molecule has 25 heavy (non-hydrogen) atoms. The van der Waals surface area contributed by atoms with E-state index >= 15 is 0 Å². The van der Waals surface area contributed by atoms with Gasteiger partial charge in [-0.2, -0.15) is 0 Å². The highest BCUT2D eigenvalue weighted by Gasteiger charge is 2.41. The van der Waals surface area contributed by atoms with Gasteiger partial charge in [0.25, 0.3) is 0 Å². The molecule has 1 aliphatic rings. The lowest BCUT2D eigenvalue weighted by Gasteiger charge is -2.26. The van der Waals surface area contributed by atoms with Crippen molar-refractivity contribution in [2.75, 3.05) is 4.90 Å². The molecule has 1 saturated heterocycles. The zero-order valence-electron chi connectivity index (χ0n) is 13.5. The Morgan fingerprint density at radius 1 is 1.12 bits per heavy atom. The van der Waals surface area contributed by atoms with Gasteiger partial charge in [-0.3, -0.25) is 4.98 Å². The number of aryl methyl sites for hydroxylation is 1. The maximum absolute atomic E-state index is 13.4. The number of thiocarbonyl (C=S) groups is 1. The minimum Gasteiger partial charge on any atom is -0.351 e. The van der Waals surface area contributed by atoms with Crippen LogP contribution in [0, 0.1) is 12.7 Å². The lowest BCUT2D eigenvalue weighted by molar-refractivity contribution is 0.575. The van der Waals surface area contributed by atoms with Crippen molar-refractivity contribution in [1.29, 1.82) is 0 Å². The van der Waals surface area contributed by atoms with Crippen LogP contribution in [0.4, 0.5) is 10.1 Å². The minimum atomic E-state index is -0.258. The molecule has 3 nitrogen and oxygen atoms in total. The number of aromatic nitrogens is 1. The molecule has 4 rings (SSSR count). The first-order valence-corrected chi connectivity index (χ1v) is 9.18. The summed E-state index contributed by atoms with van der Waals surface area (Å²) in [6, 6.07) is 16.5. The molecule has 6 heteroatoms. The number of nitrogens with one attached hydrogen (secondary N) is 1. The maximum Gasteiger partial charge on any atom is 0.174 e. The third-order valence-electron chi connectivity index (χ3n) is 4.26. The summed E-state index contributed by atoms with van der Waals surface area (Å²) in [5, 5.41) is 4.02. The molecule has 0 saturated carbocycles. The summed E-state index contributed by atoms with van der Waals surface area (Å²) in [7, 11) is 0. The maximum atomic E-state index is 13.4. The van der Waals surface area contributed by atoms with Gasteiger partial charge in [0.2, 0.25) is 0 Å². The van der Waals surface area contributed by atoms with Gasteiger partial charge in [0.1, 0.15) is 5.82 Å². The summed E-state index contributed by atoms with van der Waals surface area (Å²) >= 11 is 7.36. The molecular weight excluding hydrogens is 353 g/mol. The fourth-order valence-corrected chi connectivity index (χ4v) is 4.49. The summed E-state index contributed by atoms with van der Waals surface area (Å²) in [4.78, 5) is 9.01. The molecule has 1 aliphatic heterocycles. The lowest BCUT2D eigenvalue weighted by Crippen LogP contribution is -2.29. The Kier molecular flexibility index (Phi) is 4.23. The fourth-order valence-electron chi connectivity index (χ4n) is 3.14. The molecule has 0 spiro atoms. The van der Waals surface area contributed by atoms with E-state index in [0.717, 1.165) is 11.4 Å². The molecule has 0 radical (unpaired) electrons.